The topological polar surface area (TPSA) is 46.9 Å². The van der Waals surface area contributed by atoms with Crippen LogP contribution in [0.15, 0.2) is 10.5 Å². The third-order valence-corrected chi connectivity index (χ3v) is 4.48. The summed E-state index contributed by atoms with van der Waals surface area (Å²) in [6, 6.07) is 2.87. The number of methoxy groups -OCH3 is 2. The molecule has 0 bridgehead atoms. The van der Waals surface area contributed by atoms with Gasteiger partial charge in [-0.15, -0.1) is 0 Å². The smallest absolute Gasteiger partial charge is 0.120 e. The molecule has 2 fully saturated rings. The molecule has 5 heteroatoms. The number of nitrogens with one attached hydrogen (secondary N) is 1. The van der Waals surface area contributed by atoms with Crippen LogP contribution < -0.4 is 5.32 Å². The van der Waals surface area contributed by atoms with Crippen LogP contribution in [0.3, 0.4) is 0 Å². The molecule has 2 unspecified atom stereocenters. The van der Waals surface area contributed by atoms with Crippen molar-refractivity contribution in [3.05, 3.63) is 23.2 Å². The molecule has 1 N–H and O–H groups in total. The Bertz CT molecular complexity index is 458. The van der Waals surface area contributed by atoms with E-state index in [2.05, 4.69) is 23.2 Å². The Hall–Kier alpha value is -0.880. The van der Waals surface area contributed by atoms with E-state index in [4.69, 9.17) is 13.9 Å². The quantitative estimate of drug-likeness (QED) is 0.829. The summed E-state index contributed by atoms with van der Waals surface area (Å²) >= 11 is 0. The molecule has 2 heterocycles. The van der Waals surface area contributed by atoms with Gasteiger partial charge in [-0.05, 0) is 31.4 Å². The molecule has 3 rings (SSSR count). The summed E-state index contributed by atoms with van der Waals surface area (Å²) in [4.78, 5) is 2.33. The van der Waals surface area contributed by atoms with E-state index in [0.29, 0.717) is 6.04 Å². The molecule has 1 aliphatic carbocycles. The van der Waals surface area contributed by atoms with E-state index < -0.39 is 0 Å². The minimum absolute atomic E-state index is 0.155. The maximum atomic E-state index is 6.01. The number of nitrogens with zero attached hydrogens (tertiary/aromatic N) is 1. The number of furan rings is 1. The van der Waals surface area contributed by atoms with Crippen molar-refractivity contribution in [1.82, 2.24) is 10.2 Å². The van der Waals surface area contributed by atoms with Gasteiger partial charge in [0.1, 0.15) is 11.5 Å². The lowest BCUT2D eigenvalue weighted by Crippen LogP contribution is -2.27. The lowest BCUT2D eigenvalue weighted by Gasteiger charge is -2.13. The molecule has 1 aromatic heterocycles. The number of hydrogen-bond donors (Lipinski definition) is 1. The predicted octanol–water partition coefficient (Wildman–Crippen LogP) is 1.69. The first-order chi connectivity index (χ1) is 10.2. The number of likely N-dealkylation sites (tertiary alicyclic amines) is 1. The van der Waals surface area contributed by atoms with Crippen molar-refractivity contribution in [3.8, 4) is 0 Å². The second kappa shape index (κ2) is 6.48. The highest BCUT2D eigenvalue weighted by Crippen LogP contribution is 2.23. The zero-order valence-electron chi connectivity index (χ0n) is 13.2. The normalized spacial score (nSPS) is 26.6. The Morgan fingerprint density at radius 2 is 1.90 bits per heavy atom. The van der Waals surface area contributed by atoms with Crippen LogP contribution in [0.1, 0.15) is 29.9 Å². The lowest BCUT2D eigenvalue weighted by molar-refractivity contribution is -0.00461. The average Bonchev–Trinajstić information content (AvgIpc) is 3.12. The van der Waals surface area contributed by atoms with Crippen molar-refractivity contribution >= 4 is 0 Å². The molecule has 0 radical (unpaired) electrons. The van der Waals surface area contributed by atoms with E-state index in [1.54, 1.807) is 14.2 Å². The van der Waals surface area contributed by atoms with Crippen molar-refractivity contribution in [1.29, 1.82) is 0 Å². The van der Waals surface area contributed by atoms with Crippen LogP contribution in [0.5, 0.6) is 0 Å². The summed E-state index contributed by atoms with van der Waals surface area (Å²) in [7, 11) is 3.50. The highest BCUT2D eigenvalue weighted by atomic mass is 16.5. The van der Waals surface area contributed by atoms with Gasteiger partial charge in [0.25, 0.3) is 0 Å². The zero-order chi connectivity index (χ0) is 14.8. The predicted molar refractivity (Wildman–Crippen MR) is 80.2 cm³/mol. The van der Waals surface area contributed by atoms with Crippen LogP contribution in [0.2, 0.25) is 0 Å². The first-order valence-corrected chi connectivity index (χ1v) is 7.79. The Labute approximate surface area is 126 Å². The molecule has 1 saturated carbocycles. The molecule has 118 valence electrons. The Balaban J connectivity index is 1.56. The van der Waals surface area contributed by atoms with Crippen LogP contribution in [0, 0.1) is 6.92 Å². The second-order valence-corrected chi connectivity index (χ2v) is 6.22. The third kappa shape index (κ3) is 3.66. The first kappa shape index (κ1) is 15.0. The van der Waals surface area contributed by atoms with E-state index in [-0.39, 0.29) is 12.2 Å². The molecule has 2 aliphatic rings. The molecular weight excluding hydrogens is 268 g/mol. The van der Waals surface area contributed by atoms with Crippen molar-refractivity contribution in [2.24, 2.45) is 0 Å². The third-order valence-electron chi connectivity index (χ3n) is 4.48. The van der Waals surface area contributed by atoms with Gasteiger partial charge in [0.05, 0.1) is 25.3 Å². The second-order valence-electron chi connectivity index (χ2n) is 6.22. The summed E-state index contributed by atoms with van der Waals surface area (Å²) in [5.74, 6) is 2.11. The Kier molecular flexibility index (Phi) is 4.64. The molecule has 21 heavy (non-hydrogen) atoms. The van der Waals surface area contributed by atoms with Gasteiger partial charge in [-0.1, -0.05) is 0 Å². The van der Waals surface area contributed by atoms with Crippen molar-refractivity contribution in [2.45, 2.75) is 51.1 Å². The number of rotatable bonds is 7. The Morgan fingerprint density at radius 1 is 1.24 bits per heavy atom. The van der Waals surface area contributed by atoms with Crippen LogP contribution in [0.25, 0.3) is 0 Å². The van der Waals surface area contributed by atoms with E-state index >= 15 is 0 Å². The molecule has 2 atom stereocenters. The lowest BCUT2D eigenvalue weighted by atomic mass is 10.2. The number of aryl methyl sites for hydroxylation is 1. The standard InChI is InChI=1S/C16H26N2O3/c1-11-6-13(21-14(11)7-17-12-4-5-12)8-18-9-15(19-2)16(10-18)20-3/h6,12,15-17H,4-5,7-10H2,1-3H3. The van der Waals surface area contributed by atoms with E-state index in [1.165, 1.54) is 18.4 Å². The van der Waals surface area contributed by atoms with Crippen LogP contribution in [-0.4, -0.2) is 50.5 Å². The van der Waals surface area contributed by atoms with Crippen LogP contribution in [0.4, 0.5) is 0 Å². The summed E-state index contributed by atoms with van der Waals surface area (Å²) in [6.07, 6.45) is 2.91. The minimum atomic E-state index is 0.155. The average molecular weight is 294 g/mol. The van der Waals surface area contributed by atoms with Gasteiger partial charge >= 0.3 is 0 Å². The van der Waals surface area contributed by atoms with Crippen molar-refractivity contribution < 1.29 is 13.9 Å². The van der Waals surface area contributed by atoms with Gasteiger partial charge < -0.3 is 19.2 Å². The molecule has 0 spiro atoms. The Morgan fingerprint density at radius 3 is 2.48 bits per heavy atom. The monoisotopic (exact) mass is 294 g/mol. The highest BCUT2D eigenvalue weighted by molar-refractivity contribution is 5.20. The molecule has 5 nitrogen and oxygen atoms in total. The van der Waals surface area contributed by atoms with Gasteiger partial charge in [-0.3, -0.25) is 4.90 Å². The molecule has 1 aromatic rings. The van der Waals surface area contributed by atoms with Crippen molar-refractivity contribution in [2.75, 3.05) is 27.3 Å². The minimum Gasteiger partial charge on any atom is -0.463 e. The van der Waals surface area contributed by atoms with Crippen LogP contribution in [-0.2, 0) is 22.6 Å². The molecule has 1 aliphatic heterocycles. The maximum absolute atomic E-state index is 6.01. The fourth-order valence-electron chi connectivity index (χ4n) is 2.99. The molecule has 0 aromatic carbocycles. The molecular formula is C16H26N2O3. The zero-order valence-corrected chi connectivity index (χ0v) is 13.2. The van der Waals surface area contributed by atoms with E-state index in [9.17, 15) is 0 Å². The molecule has 1 saturated heterocycles. The van der Waals surface area contributed by atoms with Gasteiger partial charge in [-0.25, -0.2) is 0 Å². The van der Waals surface area contributed by atoms with Crippen LogP contribution >= 0.6 is 0 Å². The summed E-state index contributed by atoms with van der Waals surface area (Å²) in [5, 5.41) is 3.51. The van der Waals surface area contributed by atoms with Gasteiger partial charge in [-0.2, -0.15) is 0 Å². The summed E-state index contributed by atoms with van der Waals surface area (Å²) in [6.45, 7) is 5.58. The fourth-order valence-corrected chi connectivity index (χ4v) is 2.99. The first-order valence-electron chi connectivity index (χ1n) is 7.79. The summed E-state index contributed by atoms with van der Waals surface area (Å²) in [5.41, 5.74) is 1.24. The summed E-state index contributed by atoms with van der Waals surface area (Å²) < 4.78 is 17.0. The van der Waals surface area contributed by atoms with Gasteiger partial charge in [0.15, 0.2) is 0 Å². The van der Waals surface area contributed by atoms with Gasteiger partial charge in [0.2, 0.25) is 0 Å². The maximum Gasteiger partial charge on any atom is 0.120 e. The highest BCUT2D eigenvalue weighted by Gasteiger charge is 2.33. The number of hydrogen-bond acceptors (Lipinski definition) is 5. The fraction of sp³-hybridized carbons (Fsp3) is 0.750. The van der Waals surface area contributed by atoms with Crippen molar-refractivity contribution in [3.63, 3.8) is 0 Å². The van der Waals surface area contributed by atoms with Gasteiger partial charge in [0, 0.05) is 33.4 Å². The number of ether oxygens (including phenoxy) is 2. The SMILES string of the molecule is COC1CN(Cc2cc(C)c(CNC3CC3)o2)CC1OC. The largest absolute Gasteiger partial charge is 0.463 e. The molecule has 0 amide bonds. The van der Waals surface area contributed by atoms with E-state index in [0.717, 1.165) is 37.7 Å². The van der Waals surface area contributed by atoms with E-state index in [1.807, 2.05) is 0 Å².